The Kier molecular flexibility index (Phi) is 4.26. The van der Waals surface area contributed by atoms with Crippen LogP contribution in [0, 0.1) is 0 Å². The Bertz CT molecular complexity index is 164. The summed E-state index contributed by atoms with van der Waals surface area (Å²) in [5.74, 6) is -2.44. The molecule has 2 nitrogen and oxygen atoms in total. The fourth-order valence-electron chi connectivity index (χ4n) is 1.52. The van der Waals surface area contributed by atoms with Crippen LogP contribution in [-0.2, 0) is 4.74 Å². The molecule has 4 heteroatoms. The lowest BCUT2D eigenvalue weighted by molar-refractivity contribution is -0.0602. The first kappa shape index (κ1) is 11.9. The monoisotopic (exact) mass is 207 g/mol. The van der Waals surface area contributed by atoms with E-state index in [1.54, 1.807) is 0 Å². The standard InChI is InChI=1S/C10H19F2NO/c1-9(2)14-8-7-13-5-3-10(11,12)4-6-13/h9H,3-8H2,1-2H3. The molecule has 0 atom stereocenters. The van der Waals surface area contributed by atoms with Gasteiger partial charge in [-0.3, -0.25) is 0 Å². The van der Waals surface area contributed by atoms with Crippen molar-refractivity contribution in [1.82, 2.24) is 4.90 Å². The van der Waals surface area contributed by atoms with E-state index in [2.05, 4.69) is 0 Å². The van der Waals surface area contributed by atoms with Gasteiger partial charge in [0.25, 0.3) is 5.92 Å². The topological polar surface area (TPSA) is 12.5 Å². The van der Waals surface area contributed by atoms with Crippen molar-refractivity contribution in [3.8, 4) is 0 Å². The fourth-order valence-corrected chi connectivity index (χ4v) is 1.52. The van der Waals surface area contributed by atoms with Crippen LogP contribution in [0.5, 0.6) is 0 Å². The molecule has 0 amide bonds. The molecule has 0 radical (unpaired) electrons. The summed E-state index contributed by atoms with van der Waals surface area (Å²) in [7, 11) is 0. The minimum Gasteiger partial charge on any atom is -0.377 e. The largest absolute Gasteiger partial charge is 0.377 e. The van der Waals surface area contributed by atoms with Gasteiger partial charge in [0.15, 0.2) is 0 Å². The van der Waals surface area contributed by atoms with Crippen LogP contribution in [0.3, 0.4) is 0 Å². The highest BCUT2D eigenvalue weighted by Gasteiger charge is 2.33. The number of piperidine rings is 1. The molecule has 0 spiro atoms. The van der Waals surface area contributed by atoms with Gasteiger partial charge in [0.1, 0.15) is 0 Å². The summed E-state index contributed by atoms with van der Waals surface area (Å²) in [6, 6.07) is 0. The Morgan fingerprint density at radius 2 is 1.86 bits per heavy atom. The van der Waals surface area contributed by atoms with Crippen LogP contribution >= 0.6 is 0 Å². The Labute approximate surface area is 84.2 Å². The lowest BCUT2D eigenvalue weighted by Crippen LogP contribution is -2.41. The van der Waals surface area contributed by atoms with Gasteiger partial charge in [-0.1, -0.05) is 0 Å². The molecule has 0 saturated carbocycles. The van der Waals surface area contributed by atoms with Crippen molar-refractivity contribution in [2.45, 2.75) is 38.7 Å². The molecule has 1 aliphatic heterocycles. The van der Waals surface area contributed by atoms with Gasteiger partial charge in [-0.05, 0) is 13.8 Å². The molecule has 0 N–H and O–H groups in total. The fraction of sp³-hybridized carbons (Fsp3) is 1.00. The Hall–Kier alpha value is -0.220. The van der Waals surface area contributed by atoms with E-state index in [0.29, 0.717) is 19.7 Å². The third-order valence-electron chi connectivity index (χ3n) is 2.45. The summed E-state index contributed by atoms with van der Waals surface area (Å²) < 4.78 is 30.9. The highest BCUT2D eigenvalue weighted by atomic mass is 19.3. The van der Waals surface area contributed by atoms with E-state index >= 15 is 0 Å². The van der Waals surface area contributed by atoms with Crippen molar-refractivity contribution in [2.75, 3.05) is 26.2 Å². The lowest BCUT2D eigenvalue weighted by atomic mass is 10.1. The minimum atomic E-state index is -2.44. The van der Waals surface area contributed by atoms with E-state index in [0.717, 1.165) is 6.54 Å². The van der Waals surface area contributed by atoms with E-state index in [9.17, 15) is 8.78 Å². The molecule has 0 aromatic heterocycles. The van der Waals surface area contributed by atoms with Gasteiger partial charge in [-0.15, -0.1) is 0 Å². The first-order valence-corrected chi connectivity index (χ1v) is 5.21. The summed E-state index contributed by atoms with van der Waals surface area (Å²) in [6.45, 7) is 6.36. The molecule has 14 heavy (non-hydrogen) atoms. The maximum Gasteiger partial charge on any atom is 0.250 e. The third kappa shape index (κ3) is 4.33. The molecular formula is C10H19F2NO. The van der Waals surface area contributed by atoms with Crippen molar-refractivity contribution in [1.29, 1.82) is 0 Å². The van der Waals surface area contributed by atoms with E-state index in [-0.39, 0.29) is 18.9 Å². The molecule has 1 rings (SSSR count). The van der Waals surface area contributed by atoms with Crippen LogP contribution in [-0.4, -0.2) is 43.2 Å². The SMILES string of the molecule is CC(C)OCCN1CCC(F)(F)CC1. The molecule has 1 aliphatic rings. The average molecular weight is 207 g/mol. The molecule has 0 unspecified atom stereocenters. The second kappa shape index (κ2) is 5.03. The van der Waals surface area contributed by atoms with Gasteiger partial charge in [-0.25, -0.2) is 8.78 Å². The predicted octanol–water partition coefficient (Wildman–Crippen LogP) is 2.14. The highest BCUT2D eigenvalue weighted by molar-refractivity contribution is 4.77. The smallest absolute Gasteiger partial charge is 0.250 e. The Morgan fingerprint density at radius 1 is 1.29 bits per heavy atom. The number of rotatable bonds is 4. The number of hydrogen-bond acceptors (Lipinski definition) is 2. The average Bonchev–Trinajstić information content (AvgIpc) is 2.07. The number of ether oxygens (including phenoxy) is 1. The number of nitrogens with zero attached hydrogens (tertiary/aromatic N) is 1. The minimum absolute atomic E-state index is 0.00528. The van der Waals surface area contributed by atoms with Gasteiger partial charge in [0.2, 0.25) is 0 Å². The summed E-state index contributed by atoms with van der Waals surface area (Å²) >= 11 is 0. The van der Waals surface area contributed by atoms with Crippen LogP contribution in [0.25, 0.3) is 0 Å². The zero-order valence-corrected chi connectivity index (χ0v) is 8.93. The van der Waals surface area contributed by atoms with Gasteiger partial charge < -0.3 is 9.64 Å². The Morgan fingerprint density at radius 3 is 2.36 bits per heavy atom. The molecule has 0 aromatic rings. The predicted molar refractivity (Wildman–Crippen MR) is 51.7 cm³/mol. The first-order valence-electron chi connectivity index (χ1n) is 5.21. The second-order valence-corrected chi connectivity index (χ2v) is 4.12. The van der Waals surface area contributed by atoms with Crippen molar-refractivity contribution in [3.63, 3.8) is 0 Å². The van der Waals surface area contributed by atoms with Crippen LogP contribution in [0.4, 0.5) is 8.78 Å². The zero-order valence-electron chi connectivity index (χ0n) is 8.93. The van der Waals surface area contributed by atoms with Gasteiger partial charge in [-0.2, -0.15) is 0 Å². The maximum absolute atomic E-state index is 12.8. The molecule has 84 valence electrons. The molecular weight excluding hydrogens is 188 g/mol. The molecule has 0 aliphatic carbocycles. The number of likely N-dealkylation sites (tertiary alicyclic amines) is 1. The van der Waals surface area contributed by atoms with E-state index in [1.807, 2.05) is 18.7 Å². The number of hydrogen-bond donors (Lipinski definition) is 0. The van der Waals surface area contributed by atoms with Crippen LogP contribution in [0.2, 0.25) is 0 Å². The maximum atomic E-state index is 12.8. The van der Waals surface area contributed by atoms with Crippen LogP contribution < -0.4 is 0 Å². The van der Waals surface area contributed by atoms with Crippen molar-refractivity contribution < 1.29 is 13.5 Å². The molecule has 1 saturated heterocycles. The first-order chi connectivity index (χ1) is 6.49. The molecule has 0 aromatic carbocycles. The normalized spacial score (nSPS) is 22.9. The second-order valence-electron chi connectivity index (χ2n) is 4.12. The number of alkyl halides is 2. The summed E-state index contributed by atoms with van der Waals surface area (Å²) in [6.07, 6.45) is 0.213. The number of halogens is 2. The van der Waals surface area contributed by atoms with Crippen LogP contribution in [0.1, 0.15) is 26.7 Å². The van der Waals surface area contributed by atoms with Gasteiger partial charge >= 0.3 is 0 Å². The summed E-state index contributed by atoms with van der Waals surface area (Å²) in [5.41, 5.74) is 0. The van der Waals surface area contributed by atoms with Crippen LogP contribution in [0.15, 0.2) is 0 Å². The molecule has 1 heterocycles. The van der Waals surface area contributed by atoms with Gasteiger partial charge in [0, 0.05) is 32.5 Å². The molecule has 0 bridgehead atoms. The van der Waals surface area contributed by atoms with Crippen molar-refractivity contribution in [2.24, 2.45) is 0 Å². The lowest BCUT2D eigenvalue weighted by Gasteiger charge is -2.31. The zero-order chi connectivity index (χ0) is 10.6. The quantitative estimate of drug-likeness (QED) is 0.700. The van der Waals surface area contributed by atoms with E-state index < -0.39 is 5.92 Å². The highest BCUT2D eigenvalue weighted by Crippen LogP contribution is 2.27. The van der Waals surface area contributed by atoms with Crippen molar-refractivity contribution in [3.05, 3.63) is 0 Å². The Balaban J connectivity index is 2.10. The summed E-state index contributed by atoms with van der Waals surface area (Å²) in [4.78, 5) is 2.04. The molecule has 1 fully saturated rings. The third-order valence-corrected chi connectivity index (χ3v) is 2.45. The summed E-state index contributed by atoms with van der Waals surface area (Å²) in [5, 5.41) is 0. The van der Waals surface area contributed by atoms with Gasteiger partial charge in [0.05, 0.1) is 12.7 Å². The van der Waals surface area contributed by atoms with E-state index in [1.165, 1.54) is 0 Å². The van der Waals surface area contributed by atoms with Crippen molar-refractivity contribution >= 4 is 0 Å². The van der Waals surface area contributed by atoms with E-state index in [4.69, 9.17) is 4.74 Å².